The lowest BCUT2D eigenvalue weighted by Crippen LogP contribution is -2.19. The lowest BCUT2D eigenvalue weighted by Gasteiger charge is -2.12. The number of nitrogens with zero attached hydrogens (tertiary/aromatic N) is 4. The first kappa shape index (κ1) is 11.6. The SMILES string of the molecule is CCN1CCC(c2nnc3c(CN)cccn23)C1. The van der Waals surface area contributed by atoms with Crippen molar-refractivity contribution in [2.45, 2.75) is 25.8 Å². The van der Waals surface area contributed by atoms with Gasteiger partial charge < -0.3 is 10.6 Å². The van der Waals surface area contributed by atoms with Crippen LogP contribution in [0.5, 0.6) is 0 Å². The van der Waals surface area contributed by atoms with Gasteiger partial charge in [0.25, 0.3) is 0 Å². The molecule has 1 unspecified atom stereocenters. The summed E-state index contributed by atoms with van der Waals surface area (Å²) in [7, 11) is 0. The van der Waals surface area contributed by atoms with Crippen molar-refractivity contribution in [1.29, 1.82) is 0 Å². The number of aromatic nitrogens is 3. The van der Waals surface area contributed by atoms with Crippen LogP contribution < -0.4 is 5.73 Å². The van der Waals surface area contributed by atoms with Gasteiger partial charge in [0.05, 0.1) is 0 Å². The summed E-state index contributed by atoms with van der Waals surface area (Å²) in [6.07, 6.45) is 3.21. The summed E-state index contributed by atoms with van der Waals surface area (Å²) in [5, 5.41) is 8.68. The van der Waals surface area contributed by atoms with Crippen LogP contribution >= 0.6 is 0 Å². The maximum absolute atomic E-state index is 5.73. The molecular weight excluding hydrogens is 226 g/mol. The van der Waals surface area contributed by atoms with E-state index in [0.717, 1.165) is 36.7 Å². The molecule has 2 aromatic heterocycles. The van der Waals surface area contributed by atoms with Crippen molar-refractivity contribution in [3.05, 3.63) is 29.7 Å². The number of rotatable bonds is 3. The topological polar surface area (TPSA) is 59.5 Å². The van der Waals surface area contributed by atoms with E-state index >= 15 is 0 Å². The molecule has 0 aliphatic carbocycles. The second-order valence-electron chi connectivity index (χ2n) is 4.87. The van der Waals surface area contributed by atoms with Gasteiger partial charge in [-0.1, -0.05) is 13.0 Å². The van der Waals surface area contributed by atoms with E-state index in [1.807, 2.05) is 18.3 Å². The number of pyridine rings is 1. The molecule has 1 saturated heterocycles. The van der Waals surface area contributed by atoms with Crippen LogP contribution in [0.4, 0.5) is 0 Å². The second kappa shape index (κ2) is 4.66. The molecule has 0 amide bonds. The van der Waals surface area contributed by atoms with E-state index < -0.39 is 0 Å². The summed E-state index contributed by atoms with van der Waals surface area (Å²) >= 11 is 0. The van der Waals surface area contributed by atoms with E-state index in [1.54, 1.807) is 0 Å². The summed E-state index contributed by atoms with van der Waals surface area (Å²) in [5.41, 5.74) is 7.70. The third-order valence-corrected chi connectivity index (χ3v) is 3.85. The minimum Gasteiger partial charge on any atom is -0.326 e. The van der Waals surface area contributed by atoms with Crippen molar-refractivity contribution in [1.82, 2.24) is 19.5 Å². The fraction of sp³-hybridized carbons (Fsp3) is 0.538. The van der Waals surface area contributed by atoms with Gasteiger partial charge in [0.1, 0.15) is 5.82 Å². The Bertz CT molecular complexity index is 547. The molecule has 0 aromatic carbocycles. The molecule has 1 atom stereocenters. The highest BCUT2D eigenvalue weighted by Crippen LogP contribution is 2.26. The van der Waals surface area contributed by atoms with Crippen LogP contribution in [0.3, 0.4) is 0 Å². The maximum Gasteiger partial charge on any atom is 0.165 e. The van der Waals surface area contributed by atoms with Gasteiger partial charge in [-0.25, -0.2) is 0 Å². The van der Waals surface area contributed by atoms with Crippen LogP contribution in [0.25, 0.3) is 5.65 Å². The first-order valence-corrected chi connectivity index (χ1v) is 6.58. The van der Waals surface area contributed by atoms with Crippen LogP contribution in [-0.2, 0) is 6.54 Å². The molecule has 1 aliphatic heterocycles. The maximum atomic E-state index is 5.73. The Morgan fingerprint density at radius 2 is 2.33 bits per heavy atom. The standard InChI is InChI=1S/C13H19N5/c1-2-17-7-5-11(9-17)13-16-15-12-10(8-14)4-3-6-18(12)13/h3-4,6,11H,2,5,7-9,14H2,1H3. The van der Waals surface area contributed by atoms with Gasteiger partial charge in [-0.15, -0.1) is 10.2 Å². The average Bonchev–Trinajstić information content (AvgIpc) is 3.03. The monoisotopic (exact) mass is 245 g/mol. The summed E-state index contributed by atoms with van der Waals surface area (Å²) in [6.45, 7) is 6.07. The summed E-state index contributed by atoms with van der Waals surface area (Å²) in [4.78, 5) is 2.46. The largest absolute Gasteiger partial charge is 0.326 e. The van der Waals surface area contributed by atoms with Crippen molar-refractivity contribution in [2.24, 2.45) is 5.73 Å². The van der Waals surface area contributed by atoms with Crippen LogP contribution in [-0.4, -0.2) is 39.1 Å². The highest BCUT2D eigenvalue weighted by Gasteiger charge is 2.26. The van der Waals surface area contributed by atoms with Gasteiger partial charge in [-0.2, -0.15) is 0 Å². The van der Waals surface area contributed by atoms with Gasteiger partial charge in [0.15, 0.2) is 5.65 Å². The number of fused-ring (bicyclic) bond motifs is 1. The highest BCUT2D eigenvalue weighted by molar-refractivity contribution is 5.47. The number of likely N-dealkylation sites (tertiary alicyclic amines) is 1. The Kier molecular flexibility index (Phi) is 3.01. The fourth-order valence-corrected chi connectivity index (χ4v) is 2.76. The molecule has 5 heteroatoms. The Labute approximate surface area is 107 Å². The van der Waals surface area contributed by atoms with E-state index in [4.69, 9.17) is 5.73 Å². The van der Waals surface area contributed by atoms with Crippen molar-refractivity contribution in [3.63, 3.8) is 0 Å². The van der Waals surface area contributed by atoms with Crippen LogP contribution in [0, 0.1) is 0 Å². The minimum atomic E-state index is 0.493. The zero-order chi connectivity index (χ0) is 12.5. The highest BCUT2D eigenvalue weighted by atomic mass is 15.3. The molecule has 2 N–H and O–H groups in total. The molecule has 96 valence electrons. The normalized spacial score (nSPS) is 20.9. The number of likely N-dealkylation sites (N-methyl/N-ethyl adjacent to an activating group) is 1. The number of hydrogen-bond donors (Lipinski definition) is 1. The van der Waals surface area contributed by atoms with Gasteiger partial charge in [-0.3, -0.25) is 4.40 Å². The summed E-state index contributed by atoms with van der Waals surface area (Å²) < 4.78 is 2.10. The predicted octanol–water partition coefficient (Wildman–Crippen LogP) is 0.997. The van der Waals surface area contributed by atoms with Crippen molar-refractivity contribution in [3.8, 4) is 0 Å². The van der Waals surface area contributed by atoms with E-state index in [-0.39, 0.29) is 0 Å². The summed E-state index contributed by atoms with van der Waals surface area (Å²) in [6, 6.07) is 4.04. The lowest BCUT2D eigenvalue weighted by atomic mass is 10.1. The molecule has 2 aromatic rings. The minimum absolute atomic E-state index is 0.493. The zero-order valence-electron chi connectivity index (χ0n) is 10.7. The zero-order valence-corrected chi connectivity index (χ0v) is 10.7. The average molecular weight is 245 g/mol. The molecule has 18 heavy (non-hydrogen) atoms. The molecule has 1 aliphatic rings. The molecule has 3 heterocycles. The second-order valence-corrected chi connectivity index (χ2v) is 4.87. The third kappa shape index (κ3) is 1.79. The van der Waals surface area contributed by atoms with Gasteiger partial charge in [-0.05, 0) is 25.6 Å². The van der Waals surface area contributed by atoms with Crippen molar-refractivity contribution >= 4 is 5.65 Å². The van der Waals surface area contributed by atoms with Gasteiger partial charge in [0.2, 0.25) is 0 Å². The Morgan fingerprint density at radius 3 is 3.06 bits per heavy atom. The Hall–Kier alpha value is -1.46. The molecule has 0 radical (unpaired) electrons. The quantitative estimate of drug-likeness (QED) is 0.876. The van der Waals surface area contributed by atoms with E-state index in [1.165, 1.54) is 6.42 Å². The van der Waals surface area contributed by atoms with E-state index in [2.05, 4.69) is 26.4 Å². The molecule has 3 rings (SSSR count). The fourth-order valence-electron chi connectivity index (χ4n) is 2.76. The molecular formula is C13H19N5. The van der Waals surface area contributed by atoms with E-state index in [9.17, 15) is 0 Å². The molecule has 0 bridgehead atoms. The number of nitrogens with two attached hydrogens (primary N) is 1. The number of hydrogen-bond acceptors (Lipinski definition) is 4. The van der Waals surface area contributed by atoms with Gasteiger partial charge >= 0.3 is 0 Å². The van der Waals surface area contributed by atoms with Crippen LogP contribution in [0.15, 0.2) is 18.3 Å². The van der Waals surface area contributed by atoms with Crippen LogP contribution in [0.2, 0.25) is 0 Å². The molecule has 1 fully saturated rings. The first-order valence-electron chi connectivity index (χ1n) is 6.58. The first-order chi connectivity index (χ1) is 8.83. The summed E-state index contributed by atoms with van der Waals surface area (Å²) in [5.74, 6) is 1.57. The van der Waals surface area contributed by atoms with Gasteiger partial charge in [0, 0.05) is 30.8 Å². The smallest absolute Gasteiger partial charge is 0.165 e. The Morgan fingerprint density at radius 1 is 1.44 bits per heavy atom. The molecule has 0 spiro atoms. The molecule has 5 nitrogen and oxygen atoms in total. The third-order valence-electron chi connectivity index (χ3n) is 3.85. The van der Waals surface area contributed by atoms with Crippen LogP contribution in [0.1, 0.15) is 30.7 Å². The predicted molar refractivity (Wildman–Crippen MR) is 70.4 cm³/mol. The molecule has 0 saturated carbocycles. The van der Waals surface area contributed by atoms with Crippen molar-refractivity contribution in [2.75, 3.05) is 19.6 Å². The Balaban J connectivity index is 1.98. The van der Waals surface area contributed by atoms with Crippen molar-refractivity contribution < 1.29 is 0 Å². The lowest BCUT2D eigenvalue weighted by molar-refractivity contribution is 0.352. The van der Waals surface area contributed by atoms with E-state index in [0.29, 0.717) is 12.5 Å².